The summed E-state index contributed by atoms with van der Waals surface area (Å²) >= 11 is 0. The van der Waals surface area contributed by atoms with E-state index < -0.39 is 5.60 Å². The van der Waals surface area contributed by atoms with E-state index in [1.807, 2.05) is 51.1 Å². The minimum Gasteiger partial charge on any atom is -0.461 e. The van der Waals surface area contributed by atoms with E-state index in [0.717, 1.165) is 68.1 Å². The van der Waals surface area contributed by atoms with E-state index in [4.69, 9.17) is 17.0 Å². The molecule has 3 aromatic rings. The monoisotopic (exact) mass is 554 g/mol. The Kier molecular flexibility index (Phi) is 6.89. The minimum atomic E-state index is -1.38. The van der Waals surface area contributed by atoms with Gasteiger partial charge in [0.15, 0.2) is 0 Å². The highest BCUT2D eigenvalue weighted by molar-refractivity contribution is 6.39. The second kappa shape index (κ2) is 10.2. The molecule has 1 N–H and O–H groups in total. The third kappa shape index (κ3) is 3.99. The molecule has 3 atom stereocenters. The molecule has 0 saturated carbocycles. The average molecular weight is 555 g/mol. The molecule has 0 saturated heterocycles. The lowest BCUT2D eigenvalue weighted by atomic mass is 9.73. The smallest absolute Gasteiger partial charge is 0.138 e. The molecule has 1 aliphatic heterocycles. The van der Waals surface area contributed by atoms with Gasteiger partial charge in [-0.15, -0.1) is 0 Å². The summed E-state index contributed by atoms with van der Waals surface area (Å²) in [6.07, 6.45) is 17.1. The Morgan fingerprint density at radius 2 is 1.64 bits per heavy atom. The number of hydrogen-bond donors (Lipinski definition) is 1. The Morgan fingerprint density at radius 1 is 0.952 bits per heavy atom. The van der Waals surface area contributed by atoms with E-state index >= 15 is 0 Å². The van der Waals surface area contributed by atoms with E-state index in [1.165, 1.54) is 5.56 Å². The molecule has 3 aliphatic rings. The molecule has 2 radical (unpaired) electrons. The van der Waals surface area contributed by atoms with Crippen molar-refractivity contribution in [1.82, 2.24) is 0 Å². The molecular formula is C38H39BO3. The third-order valence-electron chi connectivity index (χ3n) is 9.00. The number of fused-ring (bicyclic) bond motifs is 7. The van der Waals surface area contributed by atoms with E-state index in [1.54, 1.807) is 0 Å². The zero-order valence-electron chi connectivity index (χ0n) is 25.7. The standard InChI is InChI=1S/C38H39BO3/c1-8-12-24-29(11-4)42-36-32(24)28(39)21-27-35(36)34-26(38(27,40)23-17-15-22(16-18-23)37(5,6)7)19-20-31-33(34)25(13-9-2)30(41-31)14-10-3/h8-10,12-21,33-34,40H,11H2,1-7H3/b12-8-,13-9-,14-10-. The van der Waals surface area contributed by atoms with Gasteiger partial charge in [0.1, 0.15) is 36.3 Å². The zero-order chi connectivity index (χ0) is 30.0. The topological polar surface area (TPSA) is 42.6 Å². The first-order valence-corrected chi connectivity index (χ1v) is 15.0. The zero-order valence-corrected chi connectivity index (χ0v) is 25.7. The number of aliphatic hydroxyl groups is 1. The van der Waals surface area contributed by atoms with Gasteiger partial charge in [-0.05, 0) is 60.6 Å². The Labute approximate surface area is 251 Å². The fraction of sp³-hybridized carbons (Fsp3) is 0.316. The van der Waals surface area contributed by atoms with Crippen LogP contribution in [-0.2, 0) is 22.2 Å². The van der Waals surface area contributed by atoms with Crippen LogP contribution in [-0.4, -0.2) is 13.0 Å². The number of aryl methyl sites for hydroxylation is 1. The van der Waals surface area contributed by atoms with Crippen LogP contribution < -0.4 is 5.46 Å². The summed E-state index contributed by atoms with van der Waals surface area (Å²) in [6.45, 7) is 14.7. The van der Waals surface area contributed by atoms with Crippen molar-refractivity contribution in [1.29, 1.82) is 0 Å². The van der Waals surface area contributed by atoms with Crippen LogP contribution in [0.3, 0.4) is 0 Å². The molecule has 2 aliphatic carbocycles. The van der Waals surface area contributed by atoms with Crippen molar-refractivity contribution >= 4 is 30.4 Å². The molecule has 42 heavy (non-hydrogen) atoms. The van der Waals surface area contributed by atoms with Crippen molar-refractivity contribution in [2.24, 2.45) is 5.92 Å². The minimum absolute atomic E-state index is 0.0000887. The second-order valence-electron chi connectivity index (χ2n) is 12.5. The van der Waals surface area contributed by atoms with Gasteiger partial charge in [-0.2, -0.15) is 0 Å². The molecule has 2 aromatic carbocycles. The van der Waals surface area contributed by atoms with Crippen LogP contribution in [0.5, 0.6) is 0 Å². The average Bonchev–Trinajstić information content (AvgIpc) is 3.58. The number of ether oxygens (including phenoxy) is 1. The number of hydrogen-bond acceptors (Lipinski definition) is 3. The third-order valence-corrected chi connectivity index (χ3v) is 9.00. The predicted octanol–water partition coefficient (Wildman–Crippen LogP) is 8.33. The summed E-state index contributed by atoms with van der Waals surface area (Å²) in [5, 5.41) is 13.9. The van der Waals surface area contributed by atoms with Gasteiger partial charge in [-0.3, -0.25) is 0 Å². The van der Waals surface area contributed by atoms with Crippen molar-refractivity contribution < 1.29 is 14.3 Å². The molecule has 3 nitrogen and oxygen atoms in total. The maximum Gasteiger partial charge on any atom is 0.138 e. The maximum atomic E-state index is 13.0. The lowest BCUT2D eigenvalue weighted by Gasteiger charge is -2.32. The fourth-order valence-electron chi connectivity index (χ4n) is 7.11. The largest absolute Gasteiger partial charge is 0.461 e. The van der Waals surface area contributed by atoms with Crippen molar-refractivity contribution in [2.75, 3.05) is 0 Å². The molecule has 6 rings (SSSR count). The van der Waals surface area contributed by atoms with Gasteiger partial charge >= 0.3 is 0 Å². The second-order valence-corrected chi connectivity index (χ2v) is 12.5. The first-order valence-electron chi connectivity index (χ1n) is 15.0. The van der Waals surface area contributed by atoms with E-state index in [9.17, 15) is 5.11 Å². The molecule has 4 heteroatoms. The Balaban J connectivity index is 1.70. The molecule has 212 valence electrons. The van der Waals surface area contributed by atoms with Gasteiger partial charge in [-0.1, -0.05) is 99.9 Å². The summed E-state index contributed by atoms with van der Waals surface area (Å²) in [7, 11) is 6.85. The van der Waals surface area contributed by atoms with Crippen molar-refractivity contribution in [3.05, 3.63) is 129 Å². The van der Waals surface area contributed by atoms with Gasteiger partial charge in [-0.25, -0.2) is 0 Å². The van der Waals surface area contributed by atoms with Gasteiger partial charge in [0.2, 0.25) is 0 Å². The molecule has 0 amide bonds. The van der Waals surface area contributed by atoms with Gasteiger partial charge in [0.25, 0.3) is 0 Å². The van der Waals surface area contributed by atoms with Crippen LogP contribution in [0.4, 0.5) is 0 Å². The van der Waals surface area contributed by atoms with Crippen molar-refractivity contribution in [3.63, 3.8) is 0 Å². The molecule has 0 spiro atoms. The molecule has 0 fully saturated rings. The highest BCUT2D eigenvalue weighted by Crippen LogP contribution is 2.62. The highest BCUT2D eigenvalue weighted by Gasteiger charge is 2.56. The quantitative estimate of drug-likeness (QED) is 0.323. The van der Waals surface area contributed by atoms with Crippen LogP contribution in [0.1, 0.15) is 88.0 Å². The highest BCUT2D eigenvalue weighted by atomic mass is 16.5. The van der Waals surface area contributed by atoms with E-state index in [-0.39, 0.29) is 17.3 Å². The first kappa shape index (κ1) is 28.4. The van der Waals surface area contributed by atoms with E-state index in [0.29, 0.717) is 5.46 Å². The van der Waals surface area contributed by atoms with Gasteiger partial charge in [0.05, 0.1) is 5.92 Å². The van der Waals surface area contributed by atoms with Crippen LogP contribution in [0.2, 0.25) is 0 Å². The Bertz CT molecular complexity index is 1770. The Hall–Kier alpha value is -3.76. The normalized spacial score (nSPS) is 23.6. The van der Waals surface area contributed by atoms with Crippen LogP contribution in [0.15, 0.2) is 99.9 Å². The number of rotatable bonds is 5. The van der Waals surface area contributed by atoms with Gasteiger partial charge < -0.3 is 14.3 Å². The maximum absolute atomic E-state index is 13.0. The molecule has 1 aromatic heterocycles. The number of furan rings is 1. The van der Waals surface area contributed by atoms with Gasteiger partial charge in [0, 0.05) is 34.4 Å². The molecule has 0 bridgehead atoms. The SMILES string of the molecule is [B]c1cc2c(c3oc(CC)c(/C=C\C)c13)C1C(=CC=C3OC(/C=C\C)=C(/C=C\C)C31)C2(O)c1ccc(C(C)(C)C)cc1. The van der Waals surface area contributed by atoms with Crippen LogP contribution in [0, 0.1) is 5.92 Å². The molecule has 2 heterocycles. The summed E-state index contributed by atoms with van der Waals surface area (Å²) in [5.74, 6) is 2.30. The first-order chi connectivity index (χ1) is 20.1. The number of benzene rings is 2. The van der Waals surface area contributed by atoms with Crippen LogP contribution >= 0.6 is 0 Å². The van der Waals surface area contributed by atoms with Crippen molar-refractivity contribution in [3.8, 4) is 0 Å². The summed E-state index contributed by atoms with van der Waals surface area (Å²) in [5.41, 5.74) is 6.81. The lowest BCUT2D eigenvalue weighted by molar-refractivity contribution is 0.121. The molecular weight excluding hydrogens is 515 g/mol. The Morgan fingerprint density at radius 3 is 2.26 bits per heavy atom. The molecule has 3 unspecified atom stereocenters. The summed E-state index contributed by atoms with van der Waals surface area (Å²) in [6, 6.07) is 10.4. The summed E-state index contributed by atoms with van der Waals surface area (Å²) < 4.78 is 13.2. The number of allylic oxidation sites excluding steroid dienone is 8. The van der Waals surface area contributed by atoms with E-state index in [2.05, 4.69) is 76.3 Å². The lowest BCUT2D eigenvalue weighted by Crippen LogP contribution is -2.30. The summed E-state index contributed by atoms with van der Waals surface area (Å²) in [4.78, 5) is 0. The predicted molar refractivity (Wildman–Crippen MR) is 174 cm³/mol. The van der Waals surface area contributed by atoms with Crippen LogP contribution in [0.25, 0.3) is 17.0 Å². The van der Waals surface area contributed by atoms with Crippen molar-refractivity contribution in [2.45, 2.75) is 71.8 Å². The fourth-order valence-corrected chi connectivity index (χ4v) is 7.11.